The van der Waals surface area contributed by atoms with Crippen LogP contribution in [0.5, 0.6) is 5.75 Å². The van der Waals surface area contributed by atoms with Crippen molar-refractivity contribution in [3.05, 3.63) is 42.0 Å². The number of benzene rings is 1. The minimum atomic E-state index is -2.01. The first-order valence-corrected chi connectivity index (χ1v) is 29.8. The van der Waals surface area contributed by atoms with Gasteiger partial charge in [-0.15, -0.1) is 0 Å². The number of allylic oxidation sites excluding steroid dienone is 2. The van der Waals surface area contributed by atoms with Gasteiger partial charge in [0.05, 0.1) is 51.8 Å². The molecule has 0 saturated carbocycles. The Labute approximate surface area is 509 Å². The Kier molecular flexibility index (Phi) is 28.5. The molecule has 5 saturated heterocycles. The molecule has 31 nitrogen and oxygen atoms in total. The lowest BCUT2D eigenvalue weighted by Crippen LogP contribution is -2.72. The molecule has 6 rings (SSSR count). The number of amides is 5. The third-order valence-corrected chi connectivity index (χ3v) is 15.8. The predicted octanol–water partition coefficient (Wildman–Crippen LogP) is -5.16. The van der Waals surface area contributed by atoms with E-state index < -0.39 is 216 Å². The van der Waals surface area contributed by atoms with E-state index in [0.29, 0.717) is 18.8 Å². The van der Waals surface area contributed by atoms with Crippen molar-refractivity contribution in [3.63, 3.8) is 0 Å². The number of hydrogen-bond donors (Lipinski definition) is 16. The summed E-state index contributed by atoms with van der Waals surface area (Å²) < 4.78 is 60.6. The van der Waals surface area contributed by atoms with Crippen LogP contribution in [0.15, 0.2) is 36.4 Å². The number of unbranched alkanes of at least 4 members (excludes halogenated alkanes) is 5. The minimum absolute atomic E-state index is 0.0635. The van der Waals surface area contributed by atoms with Crippen molar-refractivity contribution < 1.29 is 128 Å². The van der Waals surface area contributed by atoms with Gasteiger partial charge in [0.2, 0.25) is 23.6 Å². The zero-order valence-corrected chi connectivity index (χ0v) is 50.1. The summed E-state index contributed by atoms with van der Waals surface area (Å²) >= 11 is 0. The Morgan fingerprint density at radius 3 is 1.25 bits per heavy atom. The van der Waals surface area contributed by atoms with Gasteiger partial charge in [-0.3, -0.25) is 24.0 Å². The average molecular weight is 1260 g/mol. The Morgan fingerprint density at radius 1 is 0.466 bits per heavy atom. The monoisotopic (exact) mass is 1260 g/mol. The SMILES string of the molecule is CCCCCC/C=C\CCCOc1cccc(C(=O)N[C@@H]2C(O[C@@H]3C(CO)O[C@@H](OC4C(CO)O[C@@H](O[C@@H]5C(CO)OC(OC6C(CO)OC(C)[C@@H](NC(C)=O)[C@H]6O)C(NC(C)=O)C5O)[C@@H](NC(C)=O)[C@H]4O)C(NC(C)=O)C3O)OC(CO)[C@@H](O)[C@@H]2O)c1. The van der Waals surface area contributed by atoms with Crippen molar-refractivity contribution in [2.24, 2.45) is 0 Å². The molecule has 1 aromatic carbocycles. The molecule has 88 heavy (non-hydrogen) atoms. The average Bonchev–Trinajstić information content (AvgIpc) is 1.74. The summed E-state index contributed by atoms with van der Waals surface area (Å²) in [5.74, 6) is -3.30. The smallest absolute Gasteiger partial charge is 0.251 e. The van der Waals surface area contributed by atoms with E-state index >= 15 is 0 Å². The van der Waals surface area contributed by atoms with Crippen LogP contribution in [0.3, 0.4) is 0 Å². The molecule has 5 heterocycles. The van der Waals surface area contributed by atoms with Crippen LogP contribution in [0.1, 0.15) is 96.8 Å². The number of aliphatic hydroxyl groups is 11. The zero-order valence-electron chi connectivity index (χ0n) is 50.1. The van der Waals surface area contributed by atoms with Gasteiger partial charge in [-0.05, 0) is 50.8 Å². The summed E-state index contributed by atoms with van der Waals surface area (Å²) in [7, 11) is 0. The molecular weight excluding hydrogens is 1170 g/mol. The number of rotatable bonds is 29. The highest BCUT2D eigenvalue weighted by Crippen LogP contribution is 2.36. The van der Waals surface area contributed by atoms with Crippen molar-refractivity contribution in [2.75, 3.05) is 39.6 Å². The second-order valence-corrected chi connectivity index (χ2v) is 22.6. The van der Waals surface area contributed by atoms with Crippen molar-refractivity contribution in [1.29, 1.82) is 0 Å². The van der Waals surface area contributed by atoms with E-state index in [0.717, 1.165) is 40.0 Å². The third-order valence-electron chi connectivity index (χ3n) is 15.8. The van der Waals surface area contributed by atoms with Crippen molar-refractivity contribution in [2.45, 2.75) is 240 Å². The fraction of sp³-hybridized carbons (Fsp3) is 0.772. The number of aliphatic hydroxyl groups excluding tert-OH is 11. The van der Waals surface area contributed by atoms with E-state index in [1.165, 1.54) is 45.2 Å². The lowest BCUT2D eigenvalue weighted by atomic mass is 9.92. The largest absolute Gasteiger partial charge is 0.494 e. The summed E-state index contributed by atoms with van der Waals surface area (Å²) in [4.78, 5) is 64.3. The van der Waals surface area contributed by atoms with E-state index in [2.05, 4.69) is 45.7 Å². The zero-order chi connectivity index (χ0) is 64.5. The van der Waals surface area contributed by atoms with Crippen LogP contribution in [-0.2, 0) is 61.8 Å². The number of carbonyl (C=O) groups excluding carboxylic acids is 5. The van der Waals surface area contributed by atoms with E-state index in [9.17, 15) is 80.1 Å². The van der Waals surface area contributed by atoms with Crippen molar-refractivity contribution in [1.82, 2.24) is 26.6 Å². The molecule has 5 aliphatic rings. The van der Waals surface area contributed by atoms with E-state index in [4.69, 9.17) is 47.4 Å². The third kappa shape index (κ3) is 18.7. The molecule has 0 spiro atoms. The van der Waals surface area contributed by atoms with Crippen LogP contribution in [0.4, 0.5) is 0 Å². The van der Waals surface area contributed by atoms with Gasteiger partial charge in [-0.2, -0.15) is 0 Å². The summed E-state index contributed by atoms with van der Waals surface area (Å²) in [5.41, 5.74) is 0.0635. The molecule has 5 aliphatic heterocycles. The number of carbonyl (C=O) groups is 5. The Hall–Kier alpha value is -4.69. The fourth-order valence-corrected chi connectivity index (χ4v) is 11.4. The van der Waals surface area contributed by atoms with Gasteiger partial charge in [-0.1, -0.05) is 44.4 Å². The Bertz CT molecular complexity index is 2400. The molecule has 1 aromatic rings. The molecule has 0 aliphatic carbocycles. The summed E-state index contributed by atoms with van der Waals surface area (Å²) in [6, 6.07) is -1.61. The Balaban J connectivity index is 1.18. The van der Waals surface area contributed by atoms with Gasteiger partial charge in [0, 0.05) is 33.3 Å². The van der Waals surface area contributed by atoms with E-state index in [-0.39, 0.29) is 5.56 Å². The number of ether oxygens (including phenoxy) is 10. The first kappa shape index (κ1) is 72.4. The molecule has 5 amide bonds. The summed E-state index contributed by atoms with van der Waals surface area (Å²) in [5, 5.41) is 135. The first-order chi connectivity index (χ1) is 42.0. The van der Waals surface area contributed by atoms with Crippen LogP contribution in [0.2, 0.25) is 0 Å². The predicted molar refractivity (Wildman–Crippen MR) is 301 cm³/mol. The lowest BCUT2D eigenvalue weighted by Gasteiger charge is -2.51. The topological polar surface area (TPSA) is 460 Å². The normalized spacial score (nSPS) is 37.8. The molecule has 31 heteroatoms. The van der Waals surface area contributed by atoms with Gasteiger partial charge >= 0.3 is 0 Å². The maximum absolute atomic E-state index is 13.9. The van der Waals surface area contributed by atoms with Crippen LogP contribution >= 0.6 is 0 Å². The van der Waals surface area contributed by atoms with Crippen LogP contribution in [-0.4, -0.2) is 278 Å². The molecule has 16 N–H and O–H groups in total. The van der Waals surface area contributed by atoms with E-state index in [1.807, 2.05) is 0 Å². The Morgan fingerprint density at radius 2 is 0.841 bits per heavy atom. The fourth-order valence-electron chi connectivity index (χ4n) is 11.4. The van der Waals surface area contributed by atoms with Gasteiger partial charge < -0.3 is 130 Å². The summed E-state index contributed by atoms with van der Waals surface area (Å²) in [6.45, 7) is 3.96. The highest BCUT2D eigenvalue weighted by Gasteiger charge is 2.57. The second-order valence-electron chi connectivity index (χ2n) is 22.6. The molecule has 0 radical (unpaired) electrons. The van der Waals surface area contributed by atoms with Gasteiger partial charge in [0.15, 0.2) is 25.2 Å². The maximum Gasteiger partial charge on any atom is 0.251 e. The van der Waals surface area contributed by atoms with Crippen LogP contribution in [0, 0.1) is 0 Å². The standard InChI is InChI=1S/C57H91N5O26/c1-7-8-9-10-11-12-13-14-15-19-79-32-18-16-17-31(20-32)53(78)62-39-44(73)43(72)33(21-63)81-54(39)86-50-35(23-65)83-56(41(46(50)75)60-29(5)70)88-52-37(25-67)84-57(42(48(52)77)61-30(6)71)87-51-36(24-66)82-55(40(47(51)76)59-28(4)69)85-49-34(22-64)80-26(2)38(45(49)74)58-27(3)68/h12-13,16-18,20,26,33-52,54-57,63-67,72-77H,7-11,14-15,19,21-25H2,1-6H3,(H,58,68)(H,59,69)(H,60,70)(H,61,71)(H,62,78)/b13-12-/t26?,33?,34?,35?,36?,37?,38-,39+,40?,41?,42+,43-,44-,45-,46?,47?,48-,49?,50-,51-,52?,54?,55?,56+,57+/m1/s1. The molecule has 0 aromatic heterocycles. The number of hydrogen-bond acceptors (Lipinski definition) is 26. The molecule has 25 atom stereocenters. The quantitative estimate of drug-likeness (QED) is 0.0263. The van der Waals surface area contributed by atoms with Gasteiger partial charge in [0.25, 0.3) is 5.91 Å². The summed E-state index contributed by atoms with van der Waals surface area (Å²) in [6.07, 6.45) is -22.4. The molecular formula is C57H91N5O26. The number of nitrogens with one attached hydrogen (secondary N) is 5. The van der Waals surface area contributed by atoms with Gasteiger partial charge in [0.1, 0.15) is 121 Å². The van der Waals surface area contributed by atoms with Gasteiger partial charge in [-0.25, -0.2) is 0 Å². The van der Waals surface area contributed by atoms with E-state index in [1.54, 1.807) is 12.1 Å². The molecule has 0 bridgehead atoms. The molecule has 14 unspecified atom stereocenters. The first-order valence-electron chi connectivity index (χ1n) is 29.8. The second kappa shape index (κ2) is 34.7. The van der Waals surface area contributed by atoms with Crippen molar-refractivity contribution in [3.8, 4) is 5.75 Å². The highest BCUT2D eigenvalue weighted by molar-refractivity contribution is 5.94. The minimum Gasteiger partial charge on any atom is -0.494 e. The lowest BCUT2D eigenvalue weighted by molar-refractivity contribution is -0.366. The van der Waals surface area contributed by atoms with Crippen LogP contribution in [0.25, 0.3) is 0 Å². The van der Waals surface area contributed by atoms with Crippen LogP contribution < -0.4 is 31.3 Å². The molecule has 5 fully saturated rings. The van der Waals surface area contributed by atoms with Crippen molar-refractivity contribution >= 4 is 29.5 Å². The highest BCUT2D eigenvalue weighted by atomic mass is 16.8. The molecule has 500 valence electrons. The maximum atomic E-state index is 13.9.